The van der Waals surface area contributed by atoms with Crippen molar-refractivity contribution in [2.75, 3.05) is 13.7 Å². The van der Waals surface area contributed by atoms with Gasteiger partial charge in [0.1, 0.15) is 11.6 Å². The Morgan fingerprint density at radius 2 is 1.83 bits per heavy atom. The van der Waals surface area contributed by atoms with Crippen LogP contribution < -0.4 is 10.1 Å². The SMILES string of the molecule is COc1ccccc1C(=O)NC(=O)COC(=O)c1cccc(F)c1. The van der Waals surface area contributed by atoms with Crippen molar-refractivity contribution in [2.24, 2.45) is 0 Å². The molecule has 0 atom stereocenters. The van der Waals surface area contributed by atoms with Gasteiger partial charge in [-0.25, -0.2) is 9.18 Å². The molecule has 1 N–H and O–H groups in total. The molecule has 2 amide bonds. The third-order valence-corrected chi connectivity index (χ3v) is 3.00. The molecule has 0 heterocycles. The number of esters is 1. The van der Waals surface area contributed by atoms with Gasteiger partial charge in [-0.2, -0.15) is 0 Å². The highest BCUT2D eigenvalue weighted by atomic mass is 19.1. The molecule has 2 aromatic carbocycles. The second-order valence-corrected chi connectivity index (χ2v) is 4.66. The number of halogens is 1. The lowest BCUT2D eigenvalue weighted by Crippen LogP contribution is -2.34. The Bertz CT molecular complexity index is 775. The van der Waals surface area contributed by atoms with Gasteiger partial charge in [-0.1, -0.05) is 18.2 Å². The number of ether oxygens (including phenoxy) is 2. The van der Waals surface area contributed by atoms with Crippen LogP contribution in [0.3, 0.4) is 0 Å². The standard InChI is InChI=1S/C17H14FNO5/c1-23-14-8-3-2-7-13(14)16(21)19-15(20)10-24-17(22)11-5-4-6-12(18)9-11/h2-9H,10H2,1H3,(H,19,20,21). The first-order chi connectivity index (χ1) is 11.5. The van der Waals surface area contributed by atoms with Gasteiger partial charge in [0.05, 0.1) is 18.2 Å². The average Bonchev–Trinajstić information content (AvgIpc) is 2.59. The number of nitrogens with one attached hydrogen (secondary N) is 1. The third-order valence-electron chi connectivity index (χ3n) is 3.00. The lowest BCUT2D eigenvalue weighted by Gasteiger charge is -2.08. The molecule has 0 aromatic heterocycles. The molecule has 0 aliphatic heterocycles. The predicted molar refractivity (Wildman–Crippen MR) is 82.1 cm³/mol. The summed E-state index contributed by atoms with van der Waals surface area (Å²) in [7, 11) is 1.40. The molecule has 0 spiro atoms. The van der Waals surface area contributed by atoms with E-state index < -0.39 is 30.2 Å². The average molecular weight is 331 g/mol. The Labute approximate surface area is 137 Å². The fraction of sp³-hybridized carbons (Fsp3) is 0.118. The summed E-state index contributed by atoms with van der Waals surface area (Å²) in [5.74, 6) is -2.65. The van der Waals surface area contributed by atoms with Crippen molar-refractivity contribution in [3.05, 3.63) is 65.5 Å². The van der Waals surface area contributed by atoms with Crippen LogP contribution in [-0.2, 0) is 9.53 Å². The van der Waals surface area contributed by atoms with Crippen LogP contribution in [0.25, 0.3) is 0 Å². The smallest absolute Gasteiger partial charge is 0.338 e. The number of benzene rings is 2. The molecule has 0 bridgehead atoms. The Morgan fingerprint density at radius 3 is 2.54 bits per heavy atom. The van der Waals surface area contributed by atoms with Gasteiger partial charge >= 0.3 is 5.97 Å². The van der Waals surface area contributed by atoms with E-state index in [2.05, 4.69) is 5.32 Å². The van der Waals surface area contributed by atoms with Gasteiger partial charge in [-0.15, -0.1) is 0 Å². The van der Waals surface area contributed by atoms with Gasteiger partial charge in [-0.05, 0) is 30.3 Å². The minimum atomic E-state index is -0.866. The zero-order valence-electron chi connectivity index (χ0n) is 12.7. The maximum absolute atomic E-state index is 13.0. The Morgan fingerprint density at radius 1 is 1.08 bits per heavy atom. The van der Waals surface area contributed by atoms with Crippen LogP contribution in [0.5, 0.6) is 5.75 Å². The third kappa shape index (κ3) is 4.39. The molecule has 0 radical (unpaired) electrons. The monoisotopic (exact) mass is 331 g/mol. The summed E-state index contributed by atoms with van der Waals surface area (Å²) >= 11 is 0. The van der Waals surface area contributed by atoms with Gasteiger partial charge in [0.15, 0.2) is 6.61 Å². The molecule has 2 rings (SSSR count). The van der Waals surface area contributed by atoms with Gasteiger partial charge in [0.25, 0.3) is 11.8 Å². The zero-order chi connectivity index (χ0) is 17.5. The molecule has 124 valence electrons. The van der Waals surface area contributed by atoms with E-state index in [9.17, 15) is 18.8 Å². The number of amides is 2. The van der Waals surface area contributed by atoms with Crippen molar-refractivity contribution in [2.45, 2.75) is 0 Å². The fourth-order valence-electron chi connectivity index (χ4n) is 1.89. The lowest BCUT2D eigenvalue weighted by atomic mass is 10.2. The van der Waals surface area contributed by atoms with Crippen LogP contribution in [0.1, 0.15) is 20.7 Å². The summed E-state index contributed by atoms with van der Waals surface area (Å²) in [6.45, 7) is -0.670. The topological polar surface area (TPSA) is 81.7 Å². The Balaban J connectivity index is 1.91. The Hall–Kier alpha value is -3.22. The molecule has 24 heavy (non-hydrogen) atoms. The molecule has 0 saturated heterocycles. The fourth-order valence-corrected chi connectivity index (χ4v) is 1.89. The quantitative estimate of drug-likeness (QED) is 0.847. The van der Waals surface area contributed by atoms with Gasteiger partial charge in [0.2, 0.25) is 0 Å². The number of carbonyl (C=O) groups is 3. The Kier molecular flexibility index (Phi) is 5.62. The minimum absolute atomic E-state index is 0.0288. The second-order valence-electron chi connectivity index (χ2n) is 4.66. The van der Waals surface area contributed by atoms with Crippen LogP contribution in [0.4, 0.5) is 4.39 Å². The number of rotatable bonds is 5. The van der Waals surface area contributed by atoms with Crippen LogP contribution in [0.2, 0.25) is 0 Å². The first-order valence-electron chi connectivity index (χ1n) is 6.91. The van der Waals surface area contributed by atoms with Crippen LogP contribution in [-0.4, -0.2) is 31.5 Å². The number of methoxy groups -OCH3 is 1. The van der Waals surface area contributed by atoms with Crippen molar-refractivity contribution >= 4 is 17.8 Å². The number of para-hydroxylation sites is 1. The zero-order valence-corrected chi connectivity index (χ0v) is 12.7. The molecule has 0 saturated carbocycles. The van der Waals surface area contributed by atoms with E-state index in [4.69, 9.17) is 9.47 Å². The molecule has 2 aromatic rings. The summed E-state index contributed by atoms with van der Waals surface area (Å²) in [5.41, 5.74) is 0.142. The van der Waals surface area contributed by atoms with Crippen LogP contribution >= 0.6 is 0 Å². The second kappa shape index (κ2) is 7.87. The number of hydrogen-bond donors (Lipinski definition) is 1. The molecular formula is C17H14FNO5. The van der Waals surface area contributed by atoms with E-state index in [-0.39, 0.29) is 11.1 Å². The highest BCUT2D eigenvalue weighted by molar-refractivity contribution is 6.07. The van der Waals surface area contributed by atoms with Crippen molar-refractivity contribution in [1.82, 2.24) is 5.32 Å². The number of carbonyl (C=O) groups excluding carboxylic acids is 3. The molecular weight excluding hydrogens is 317 g/mol. The molecule has 0 unspecified atom stereocenters. The molecule has 0 aliphatic carbocycles. The summed E-state index contributed by atoms with van der Waals surface area (Å²) in [5, 5.41) is 2.08. The normalized spacial score (nSPS) is 9.92. The highest BCUT2D eigenvalue weighted by Crippen LogP contribution is 2.16. The maximum atomic E-state index is 13.0. The number of imide groups is 1. The van der Waals surface area contributed by atoms with E-state index in [1.54, 1.807) is 18.2 Å². The summed E-state index contributed by atoms with van der Waals surface area (Å²) < 4.78 is 22.8. The molecule has 7 heteroatoms. The summed E-state index contributed by atoms with van der Waals surface area (Å²) in [6.07, 6.45) is 0. The molecule has 6 nitrogen and oxygen atoms in total. The van der Waals surface area contributed by atoms with Gasteiger partial charge < -0.3 is 9.47 Å². The van der Waals surface area contributed by atoms with Crippen molar-refractivity contribution < 1.29 is 28.2 Å². The van der Waals surface area contributed by atoms with E-state index in [0.717, 1.165) is 6.07 Å². The van der Waals surface area contributed by atoms with Crippen molar-refractivity contribution in [3.8, 4) is 5.75 Å². The largest absolute Gasteiger partial charge is 0.496 e. The van der Waals surface area contributed by atoms with E-state index >= 15 is 0 Å². The van der Waals surface area contributed by atoms with Gasteiger partial charge in [-0.3, -0.25) is 14.9 Å². The molecule has 0 fully saturated rings. The molecule has 0 aliphatic rings. The minimum Gasteiger partial charge on any atom is -0.496 e. The maximum Gasteiger partial charge on any atom is 0.338 e. The predicted octanol–water partition coefficient (Wildman–Crippen LogP) is 1.95. The van der Waals surface area contributed by atoms with Crippen LogP contribution in [0.15, 0.2) is 48.5 Å². The highest BCUT2D eigenvalue weighted by Gasteiger charge is 2.16. The summed E-state index contributed by atoms with van der Waals surface area (Å²) in [6, 6.07) is 11.2. The van der Waals surface area contributed by atoms with Crippen LogP contribution in [0, 0.1) is 5.82 Å². The first kappa shape index (κ1) is 17.1. The number of hydrogen-bond acceptors (Lipinski definition) is 5. The van der Waals surface area contributed by atoms with Crippen molar-refractivity contribution in [1.29, 1.82) is 0 Å². The summed E-state index contributed by atoms with van der Waals surface area (Å²) in [4.78, 5) is 35.4. The van der Waals surface area contributed by atoms with E-state index in [1.807, 2.05) is 0 Å². The van der Waals surface area contributed by atoms with Gasteiger partial charge in [0, 0.05) is 0 Å². The van der Waals surface area contributed by atoms with E-state index in [1.165, 1.54) is 31.4 Å². The first-order valence-corrected chi connectivity index (χ1v) is 6.91. The van der Waals surface area contributed by atoms with E-state index in [0.29, 0.717) is 5.75 Å². The lowest BCUT2D eigenvalue weighted by molar-refractivity contribution is -0.123. The van der Waals surface area contributed by atoms with Crippen molar-refractivity contribution in [3.63, 3.8) is 0 Å².